The van der Waals surface area contributed by atoms with Crippen molar-refractivity contribution in [1.29, 1.82) is 0 Å². The molecule has 0 N–H and O–H groups in total. The van der Waals surface area contributed by atoms with Crippen molar-refractivity contribution in [3.8, 4) is 0 Å². The molecule has 3 aromatic carbocycles. The molecule has 1 aromatic heterocycles. The van der Waals surface area contributed by atoms with Gasteiger partial charge in [0, 0.05) is 16.5 Å². The smallest absolute Gasteiger partial charge is 0.178 e. The third-order valence-corrected chi connectivity index (χ3v) is 6.74. The molecule has 0 amide bonds. The molecule has 0 aliphatic carbocycles. The van der Waals surface area contributed by atoms with E-state index in [1.54, 1.807) is 0 Å². The third-order valence-electron chi connectivity index (χ3n) is 5.02. The van der Waals surface area contributed by atoms with Crippen LogP contribution in [0.25, 0.3) is 16.2 Å². The summed E-state index contributed by atoms with van der Waals surface area (Å²) in [5.41, 5.74) is 4.56. The Morgan fingerprint density at radius 3 is 2.55 bits per heavy atom. The second kappa shape index (κ2) is 8.77. The Morgan fingerprint density at radius 1 is 1.00 bits per heavy atom. The van der Waals surface area contributed by atoms with Crippen LogP contribution in [0.5, 0.6) is 0 Å². The highest BCUT2D eigenvalue weighted by Crippen LogP contribution is 2.36. The van der Waals surface area contributed by atoms with Crippen LogP contribution in [-0.4, -0.2) is 5.78 Å². The first-order valence-electron chi connectivity index (χ1n) is 9.62. The Hall–Kier alpha value is -2.68. The molecule has 0 atom stereocenters. The quantitative estimate of drug-likeness (QED) is 0.296. The molecule has 1 nitrogen and oxygen atoms in total. The van der Waals surface area contributed by atoms with Crippen molar-refractivity contribution in [3.05, 3.63) is 111 Å². The molecule has 0 bridgehead atoms. The van der Waals surface area contributed by atoms with Crippen molar-refractivity contribution in [2.24, 2.45) is 0 Å². The van der Waals surface area contributed by atoms with Gasteiger partial charge in [-0.1, -0.05) is 90.5 Å². The highest BCUT2D eigenvalue weighted by Gasteiger charge is 2.18. The molecule has 0 unspecified atom stereocenters. The van der Waals surface area contributed by atoms with E-state index in [1.807, 2.05) is 37.3 Å². The maximum absolute atomic E-state index is 13.0. The molecular formula is C26H21ClOS. The number of allylic oxidation sites excluding steroid dienone is 1. The summed E-state index contributed by atoms with van der Waals surface area (Å²) in [4.78, 5) is 13.6. The fraction of sp³-hybridized carbons (Fsp3) is 0.115. The topological polar surface area (TPSA) is 17.1 Å². The van der Waals surface area contributed by atoms with Crippen LogP contribution in [0.1, 0.15) is 31.9 Å². The van der Waals surface area contributed by atoms with Crippen LogP contribution in [0.3, 0.4) is 0 Å². The Balaban J connectivity index is 1.53. The lowest BCUT2D eigenvalue weighted by Gasteiger charge is -2.06. The van der Waals surface area contributed by atoms with Gasteiger partial charge in [0.25, 0.3) is 0 Å². The van der Waals surface area contributed by atoms with E-state index in [-0.39, 0.29) is 5.78 Å². The third kappa shape index (κ3) is 4.50. The van der Waals surface area contributed by atoms with E-state index < -0.39 is 0 Å². The van der Waals surface area contributed by atoms with Crippen molar-refractivity contribution in [2.45, 2.75) is 19.8 Å². The number of Topliss-reactive ketones (excluding diaryl/α,β-unsaturated/α-hetero) is 1. The largest absolute Gasteiger partial charge is 0.293 e. The second-order valence-electron chi connectivity index (χ2n) is 7.12. The van der Waals surface area contributed by atoms with E-state index in [4.69, 9.17) is 11.6 Å². The lowest BCUT2D eigenvalue weighted by molar-refractivity contribution is 0.0997. The van der Waals surface area contributed by atoms with Crippen LogP contribution in [0.15, 0.2) is 78.9 Å². The first-order valence-corrected chi connectivity index (χ1v) is 10.8. The van der Waals surface area contributed by atoms with Crippen LogP contribution in [0.4, 0.5) is 0 Å². The maximum Gasteiger partial charge on any atom is 0.178 e. The summed E-state index contributed by atoms with van der Waals surface area (Å²) in [6.45, 7) is 2.05. The van der Waals surface area contributed by atoms with Gasteiger partial charge in [0.1, 0.15) is 0 Å². The molecule has 0 aliphatic heterocycles. The van der Waals surface area contributed by atoms with Gasteiger partial charge in [0.2, 0.25) is 0 Å². The van der Waals surface area contributed by atoms with Gasteiger partial charge in [-0.05, 0) is 41.7 Å². The van der Waals surface area contributed by atoms with E-state index >= 15 is 0 Å². The maximum atomic E-state index is 13.0. The molecule has 0 aliphatic rings. The van der Waals surface area contributed by atoms with Gasteiger partial charge >= 0.3 is 0 Å². The van der Waals surface area contributed by atoms with Gasteiger partial charge in [-0.25, -0.2) is 0 Å². The summed E-state index contributed by atoms with van der Waals surface area (Å²) in [5, 5.41) is 1.53. The van der Waals surface area contributed by atoms with E-state index in [2.05, 4.69) is 54.6 Å². The average molecular weight is 417 g/mol. The number of fused-ring (bicyclic) bond motifs is 1. The number of aryl methyl sites for hydroxylation is 1. The molecule has 0 fully saturated rings. The molecule has 1 heterocycles. The Bertz CT molecular complexity index is 1190. The minimum Gasteiger partial charge on any atom is -0.293 e. The van der Waals surface area contributed by atoms with Gasteiger partial charge in [-0.15, -0.1) is 11.3 Å². The number of carbonyl (C=O) groups excluding carboxylic acids is 1. The fourth-order valence-electron chi connectivity index (χ4n) is 3.38. The normalized spacial score (nSPS) is 11.4. The van der Waals surface area contributed by atoms with E-state index in [0.29, 0.717) is 16.3 Å². The summed E-state index contributed by atoms with van der Waals surface area (Å²) in [6.07, 6.45) is 5.53. The molecule has 144 valence electrons. The van der Waals surface area contributed by atoms with Crippen LogP contribution in [0, 0.1) is 6.92 Å². The molecule has 0 spiro atoms. The highest BCUT2D eigenvalue weighted by molar-refractivity contribution is 7.21. The van der Waals surface area contributed by atoms with E-state index in [0.717, 1.165) is 33.2 Å². The zero-order chi connectivity index (χ0) is 20.2. The van der Waals surface area contributed by atoms with E-state index in [1.165, 1.54) is 16.9 Å². The molecule has 0 saturated heterocycles. The summed E-state index contributed by atoms with van der Waals surface area (Å²) in [6, 6.07) is 24.6. The summed E-state index contributed by atoms with van der Waals surface area (Å²) < 4.78 is 1.05. The van der Waals surface area contributed by atoms with Crippen LogP contribution >= 0.6 is 22.9 Å². The van der Waals surface area contributed by atoms with Crippen LogP contribution < -0.4 is 0 Å². The monoisotopic (exact) mass is 416 g/mol. The van der Waals surface area contributed by atoms with Crippen LogP contribution in [-0.2, 0) is 12.8 Å². The number of hydrogen-bond donors (Lipinski definition) is 0. The number of hydrogen-bond acceptors (Lipinski definition) is 2. The van der Waals surface area contributed by atoms with E-state index in [9.17, 15) is 4.79 Å². The van der Waals surface area contributed by atoms with Gasteiger partial charge in [0.05, 0.1) is 9.90 Å². The van der Waals surface area contributed by atoms with Crippen molar-refractivity contribution < 1.29 is 4.79 Å². The molecule has 0 radical (unpaired) electrons. The standard InChI is InChI=1S/C26H21ClOS/c1-18-14-15-20(11-7-10-19-8-3-2-4-9-19)16-21(18)17-23(28)26-25(27)22-12-5-6-13-24(22)29-26/h2-9,11-16H,10,17H2,1H3/b11-7+. The predicted molar refractivity (Wildman–Crippen MR) is 125 cm³/mol. The van der Waals surface area contributed by atoms with Gasteiger partial charge < -0.3 is 0 Å². The molecule has 29 heavy (non-hydrogen) atoms. The highest BCUT2D eigenvalue weighted by atomic mass is 35.5. The first-order chi connectivity index (χ1) is 14.1. The first kappa shape index (κ1) is 19.6. The number of rotatable bonds is 6. The lowest BCUT2D eigenvalue weighted by Crippen LogP contribution is -2.03. The summed E-state index contributed by atoms with van der Waals surface area (Å²) in [5.74, 6) is 0.0738. The SMILES string of the molecule is Cc1ccc(/C=C/Cc2ccccc2)cc1CC(=O)c1sc2ccccc2c1Cl. The minimum absolute atomic E-state index is 0.0738. The van der Waals surface area contributed by atoms with Gasteiger partial charge in [-0.3, -0.25) is 4.79 Å². The zero-order valence-corrected chi connectivity index (χ0v) is 17.8. The number of carbonyl (C=O) groups is 1. The molecular weight excluding hydrogens is 396 g/mol. The van der Waals surface area contributed by atoms with Crippen molar-refractivity contribution in [1.82, 2.24) is 0 Å². The summed E-state index contributed by atoms with van der Waals surface area (Å²) >= 11 is 7.97. The fourth-order valence-corrected chi connectivity index (χ4v) is 4.85. The predicted octanol–water partition coefficient (Wildman–Crippen LogP) is 7.54. The Morgan fingerprint density at radius 2 is 1.76 bits per heavy atom. The number of thiophene rings is 1. The van der Waals surface area contributed by atoms with Gasteiger partial charge in [0.15, 0.2) is 5.78 Å². The number of ketones is 1. The Kier molecular flexibility index (Phi) is 5.94. The number of benzene rings is 3. The second-order valence-corrected chi connectivity index (χ2v) is 8.55. The van der Waals surface area contributed by atoms with Crippen molar-refractivity contribution in [2.75, 3.05) is 0 Å². The summed E-state index contributed by atoms with van der Waals surface area (Å²) in [7, 11) is 0. The van der Waals surface area contributed by atoms with Crippen molar-refractivity contribution in [3.63, 3.8) is 0 Å². The molecule has 4 rings (SSSR count). The van der Waals surface area contributed by atoms with Crippen LogP contribution in [0.2, 0.25) is 5.02 Å². The lowest BCUT2D eigenvalue weighted by atomic mass is 9.99. The Labute approximate surface area is 180 Å². The zero-order valence-electron chi connectivity index (χ0n) is 16.2. The minimum atomic E-state index is 0.0738. The average Bonchev–Trinajstić information content (AvgIpc) is 3.08. The van der Waals surface area contributed by atoms with Gasteiger partial charge in [-0.2, -0.15) is 0 Å². The van der Waals surface area contributed by atoms with Crippen molar-refractivity contribution >= 4 is 44.9 Å². The number of halogens is 1. The molecule has 4 aromatic rings. The molecule has 3 heteroatoms. The molecule has 0 saturated carbocycles.